The zero-order valence-electron chi connectivity index (χ0n) is 10.2. The lowest BCUT2D eigenvalue weighted by Crippen LogP contribution is -2.22. The normalized spacial score (nSPS) is 18.6. The van der Waals surface area contributed by atoms with Gasteiger partial charge in [0.15, 0.2) is 11.5 Å². The molecule has 0 saturated heterocycles. The minimum atomic E-state index is 0.727. The van der Waals surface area contributed by atoms with Gasteiger partial charge in [0.2, 0.25) is 0 Å². The maximum atomic E-state index is 5.32. The van der Waals surface area contributed by atoms with Gasteiger partial charge in [-0.05, 0) is 24.0 Å². The molecule has 16 heavy (non-hydrogen) atoms. The Morgan fingerprint density at radius 1 is 1.25 bits per heavy atom. The number of hydrogen-bond donors (Lipinski definition) is 1. The summed E-state index contributed by atoms with van der Waals surface area (Å²) in [5, 5.41) is 3.45. The minimum absolute atomic E-state index is 0.727. The lowest BCUT2D eigenvalue weighted by atomic mass is 9.92. The Labute approximate surface area is 96.8 Å². The highest BCUT2D eigenvalue weighted by molar-refractivity contribution is 5.61. The smallest absolute Gasteiger partial charge is 0.162 e. The van der Waals surface area contributed by atoms with Gasteiger partial charge < -0.3 is 14.8 Å². The summed E-state index contributed by atoms with van der Waals surface area (Å²) in [6, 6.07) is 4.11. The number of anilines is 1. The molecule has 1 N–H and O–H groups in total. The first-order valence-corrected chi connectivity index (χ1v) is 5.77. The molecule has 1 aromatic carbocycles. The van der Waals surface area contributed by atoms with Crippen molar-refractivity contribution >= 4 is 5.69 Å². The Balaban J connectivity index is 2.34. The van der Waals surface area contributed by atoms with E-state index in [2.05, 4.69) is 18.3 Å². The summed E-state index contributed by atoms with van der Waals surface area (Å²) in [4.78, 5) is 0. The van der Waals surface area contributed by atoms with E-state index < -0.39 is 0 Å². The molecule has 1 aliphatic heterocycles. The predicted octanol–water partition coefficient (Wildman–Crippen LogP) is 2.70. The molecule has 1 unspecified atom stereocenters. The second-order valence-electron chi connectivity index (χ2n) is 4.22. The molecule has 1 atom stereocenters. The van der Waals surface area contributed by atoms with E-state index in [9.17, 15) is 0 Å². The van der Waals surface area contributed by atoms with Crippen LogP contribution >= 0.6 is 0 Å². The van der Waals surface area contributed by atoms with Crippen molar-refractivity contribution in [3.05, 3.63) is 17.7 Å². The van der Waals surface area contributed by atoms with Crippen molar-refractivity contribution in [3.8, 4) is 11.5 Å². The van der Waals surface area contributed by atoms with Gasteiger partial charge in [0.25, 0.3) is 0 Å². The van der Waals surface area contributed by atoms with Crippen molar-refractivity contribution < 1.29 is 9.47 Å². The molecule has 0 spiro atoms. The fourth-order valence-electron chi connectivity index (χ4n) is 2.18. The van der Waals surface area contributed by atoms with Gasteiger partial charge in [-0.3, -0.25) is 0 Å². The van der Waals surface area contributed by atoms with Gasteiger partial charge in [-0.15, -0.1) is 0 Å². The van der Waals surface area contributed by atoms with Gasteiger partial charge in [0.05, 0.1) is 14.2 Å². The van der Waals surface area contributed by atoms with Crippen LogP contribution in [0.15, 0.2) is 12.1 Å². The summed E-state index contributed by atoms with van der Waals surface area (Å²) >= 11 is 0. The van der Waals surface area contributed by atoms with Gasteiger partial charge in [0.1, 0.15) is 0 Å². The van der Waals surface area contributed by atoms with Crippen molar-refractivity contribution in [1.29, 1.82) is 0 Å². The average molecular weight is 221 g/mol. The number of methoxy groups -OCH3 is 2. The Kier molecular flexibility index (Phi) is 3.22. The van der Waals surface area contributed by atoms with E-state index in [0.717, 1.165) is 30.4 Å². The Morgan fingerprint density at radius 2 is 1.94 bits per heavy atom. The van der Waals surface area contributed by atoms with Crippen LogP contribution in [0.2, 0.25) is 0 Å². The predicted molar refractivity (Wildman–Crippen MR) is 65.5 cm³/mol. The zero-order chi connectivity index (χ0) is 11.5. The van der Waals surface area contributed by atoms with Crippen LogP contribution in [0.1, 0.15) is 18.9 Å². The minimum Gasteiger partial charge on any atom is -0.493 e. The van der Waals surface area contributed by atoms with Crippen LogP contribution in [0.3, 0.4) is 0 Å². The van der Waals surface area contributed by atoms with Crippen LogP contribution in [0.4, 0.5) is 5.69 Å². The molecule has 3 nitrogen and oxygen atoms in total. The fraction of sp³-hybridized carbons (Fsp3) is 0.538. The van der Waals surface area contributed by atoms with E-state index in [0.29, 0.717) is 0 Å². The van der Waals surface area contributed by atoms with E-state index in [1.165, 1.54) is 17.7 Å². The average Bonchev–Trinajstić information content (AvgIpc) is 2.36. The molecule has 0 bridgehead atoms. The lowest BCUT2D eigenvalue weighted by molar-refractivity contribution is 0.354. The second kappa shape index (κ2) is 4.64. The van der Waals surface area contributed by atoms with Crippen molar-refractivity contribution in [2.45, 2.75) is 19.8 Å². The first-order valence-electron chi connectivity index (χ1n) is 5.77. The molecule has 0 saturated carbocycles. The summed E-state index contributed by atoms with van der Waals surface area (Å²) in [5.41, 5.74) is 2.51. The van der Waals surface area contributed by atoms with Gasteiger partial charge >= 0.3 is 0 Å². The van der Waals surface area contributed by atoms with Crippen LogP contribution < -0.4 is 14.8 Å². The molecule has 1 aliphatic rings. The van der Waals surface area contributed by atoms with E-state index in [1.807, 2.05) is 6.07 Å². The molecule has 2 rings (SSSR count). The van der Waals surface area contributed by atoms with E-state index in [-0.39, 0.29) is 0 Å². The second-order valence-corrected chi connectivity index (χ2v) is 4.22. The van der Waals surface area contributed by atoms with Crippen LogP contribution in [0, 0.1) is 5.92 Å². The fourth-order valence-corrected chi connectivity index (χ4v) is 2.18. The quantitative estimate of drug-likeness (QED) is 0.851. The van der Waals surface area contributed by atoms with Gasteiger partial charge in [0, 0.05) is 18.3 Å². The third-order valence-corrected chi connectivity index (χ3v) is 3.28. The molecule has 0 aromatic heterocycles. The molecule has 0 aliphatic carbocycles. The standard InChI is InChI=1S/C13H19NO2/c1-4-9-5-10-6-12(15-2)13(16-3)7-11(10)14-8-9/h6-7,9,14H,4-5,8H2,1-3H3. The Bertz CT molecular complexity index is 376. The third-order valence-electron chi connectivity index (χ3n) is 3.28. The van der Waals surface area contributed by atoms with Crippen LogP contribution in [-0.2, 0) is 6.42 Å². The number of fused-ring (bicyclic) bond motifs is 1. The molecule has 0 fully saturated rings. The molecule has 0 amide bonds. The third kappa shape index (κ3) is 1.94. The molecular weight excluding hydrogens is 202 g/mol. The topological polar surface area (TPSA) is 30.5 Å². The maximum absolute atomic E-state index is 5.32. The Hall–Kier alpha value is -1.38. The van der Waals surface area contributed by atoms with Gasteiger partial charge in [-0.1, -0.05) is 13.3 Å². The number of nitrogens with one attached hydrogen (secondary N) is 1. The van der Waals surface area contributed by atoms with Gasteiger partial charge in [-0.2, -0.15) is 0 Å². The molecule has 1 aromatic rings. The number of hydrogen-bond acceptors (Lipinski definition) is 3. The summed E-state index contributed by atoms with van der Waals surface area (Å²) in [5.74, 6) is 2.34. The highest BCUT2D eigenvalue weighted by atomic mass is 16.5. The molecular formula is C13H19NO2. The highest BCUT2D eigenvalue weighted by Gasteiger charge is 2.19. The first kappa shape index (κ1) is 11.1. The molecule has 1 heterocycles. The first-order chi connectivity index (χ1) is 7.78. The molecule has 0 radical (unpaired) electrons. The van der Waals surface area contributed by atoms with Crippen molar-refractivity contribution in [1.82, 2.24) is 0 Å². The number of benzene rings is 1. The summed E-state index contributed by atoms with van der Waals surface area (Å²) in [6.45, 7) is 3.29. The highest BCUT2D eigenvalue weighted by Crippen LogP contribution is 2.36. The van der Waals surface area contributed by atoms with E-state index in [1.54, 1.807) is 14.2 Å². The van der Waals surface area contributed by atoms with Crippen LogP contribution in [0.25, 0.3) is 0 Å². The van der Waals surface area contributed by atoms with E-state index >= 15 is 0 Å². The monoisotopic (exact) mass is 221 g/mol. The zero-order valence-corrected chi connectivity index (χ0v) is 10.2. The largest absolute Gasteiger partial charge is 0.493 e. The van der Waals surface area contributed by atoms with Gasteiger partial charge in [-0.25, -0.2) is 0 Å². The Morgan fingerprint density at radius 3 is 2.56 bits per heavy atom. The summed E-state index contributed by atoms with van der Waals surface area (Å²) in [6.07, 6.45) is 2.33. The van der Waals surface area contributed by atoms with E-state index in [4.69, 9.17) is 9.47 Å². The van der Waals surface area contributed by atoms with Crippen LogP contribution in [0.5, 0.6) is 11.5 Å². The van der Waals surface area contributed by atoms with Crippen molar-refractivity contribution in [2.24, 2.45) is 5.92 Å². The lowest BCUT2D eigenvalue weighted by Gasteiger charge is -2.26. The maximum Gasteiger partial charge on any atom is 0.162 e. The summed E-state index contributed by atoms with van der Waals surface area (Å²) < 4.78 is 10.6. The van der Waals surface area contributed by atoms with Crippen molar-refractivity contribution in [2.75, 3.05) is 26.1 Å². The van der Waals surface area contributed by atoms with Crippen molar-refractivity contribution in [3.63, 3.8) is 0 Å². The number of ether oxygens (including phenoxy) is 2. The number of rotatable bonds is 3. The SMILES string of the molecule is CCC1CNc2cc(OC)c(OC)cc2C1. The molecule has 3 heteroatoms. The van der Waals surface area contributed by atoms with Crippen LogP contribution in [-0.4, -0.2) is 20.8 Å². The summed E-state index contributed by atoms with van der Waals surface area (Å²) in [7, 11) is 3.35. The molecule has 88 valence electrons.